The molecule has 1 aromatic heterocycles. The lowest BCUT2D eigenvalue weighted by Crippen LogP contribution is -2.34. The van der Waals surface area contributed by atoms with E-state index in [1.165, 1.54) is 16.9 Å². The summed E-state index contributed by atoms with van der Waals surface area (Å²) in [4.78, 5) is 24.5. The van der Waals surface area contributed by atoms with E-state index in [0.29, 0.717) is 22.4 Å². The number of carbonyl (C=O) groups excluding carboxylic acids is 2. The topological polar surface area (TPSA) is 55.4 Å². The summed E-state index contributed by atoms with van der Waals surface area (Å²) in [6, 6.07) is 11.4. The van der Waals surface area contributed by atoms with Crippen molar-refractivity contribution in [2.24, 2.45) is 5.92 Å². The molecule has 4 nitrogen and oxygen atoms in total. The molecule has 126 valence electrons. The van der Waals surface area contributed by atoms with Crippen molar-refractivity contribution >= 4 is 34.6 Å². The van der Waals surface area contributed by atoms with Crippen LogP contribution in [-0.2, 0) is 11.2 Å². The van der Waals surface area contributed by atoms with E-state index in [1.807, 2.05) is 24.3 Å². The Hall–Kier alpha value is -1.85. The van der Waals surface area contributed by atoms with Crippen molar-refractivity contribution < 1.29 is 14.3 Å². The highest BCUT2D eigenvalue weighted by Crippen LogP contribution is 2.26. The van der Waals surface area contributed by atoms with Crippen molar-refractivity contribution in [3.63, 3.8) is 0 Å². The maximum Gasteiger partial charge on any atom is 0.220 e. The van der Waals surface area contributed by atoms with Crippen LogP contribution in [0.1, 0.15) is 28.1 Å². The van der Waals surface area contributed by atoms with Crippen LogP contribution in [0.3, 0.4) is 0 Å². The molecule has 3 rings (SSSR count). The van der Waals surface area contributed by atoms with Gasteiger partial charge in [-0.25, -0.2) is 0 Å². The summed E-state index contributed by atoms with van der Waals surface area (Å²) in [5, 5.41) is 2.90. The van der Waals surface area contributed by atoms with E-state index in [4.69, 9.17) is 16.3 Å². The molecule has 1 aromatic carbocycles. The van der Waals surface area contributed by atoms with Crippen molar-refractivity contribution in [3.8, 4) is 5.75 Å². The van der Waals surface area contributed by atoms with Crippen molar-refractivity contribution in [1.29, 1.82) is 0 Å². The highest BCUT2D eigenvalue weighted by Gasteiger charge is 2.20. The first-order valence-corrected chi connectivity index (χ1v) is 9.07. The molecular weight excluding hydrogens is 346 g/mol. The molecule has 2 aromatic rings. The fourth-order valence-electron chi connectivity index (χ4n) is 2.68. The number of amides is 1. The average molecular weight is 364 g/mol. The van der Waals surface area contributed by atoms with Crippen LogP contribution in [0.2, 0.25) is 4.34 Å². The molecule has 0 spiro atoms. The van der Waals surface area contributed by atoms with E-state index in [-0.39, 0.29) is 30.4 Å². The standard InChI is InChI=1S/C18H18ClNO3S/c19-17-7-6-16(24-17)14(21)5-8-18(22)20-10-12-9-13-3-1-2-4-15(13)23-11-12/h1-4,6-7,12H,5,8-11H2,(H,20,22). The molecule has 0 saturated heterocycles. The predicted molar refractivity (Wildman–Crippen MR) is 95.0 cm³/mol. The maximum absolute atomic E-state index is 12.0. The van der Waals surface area contributed by atoms with Crippen LogP contribution >= 0.6 is 22.9 Å². The third-order valence-electron chi connectivity index (χ3n) is 3.97. The van der Waals surface area contributed by atoms with Gasteiger partial charge in [0.05, 0.1) is 15.8 Å². The summed E-state index contributed by atoms with van der Waals surface area (Å²) in [6.45, 7) is 1.16. The highest BCUT2D eigenvalue weighted by atomic mass is 35.5. The van der Waals surface area contributed by atoms with Gasteiger partial charge < -0.3 is 10.1 Å². The Morgan fingerprint density at radius 3 is 2.83 bits per heavy atom. The molecule has 1 amide bonds. The van der Waals surface area contributed by atoms with Crippen molar-refractivity contribution in [1.82, 2.24) is 5.32 Å². The molecule has 1 aliphatic rings. The zero-order valence-electron chi connectivity index (χ0n) is 13.1. The summed E-state index contributed by atoms with van der Waals surface area (Å²) in [5.74, 6) is 1.04. The van der Waals surface area contributed by atoms with Crippen molar-refractivity contribution in [2.75, 3.05) is 13.2 Å². The zero-order chi connectivity index (χ0) is 16.9. The monoisotopic (exact) mass is 363 g/mol. The molecule has 0 radical (unpaired) electrons. The molecule has 0 bridgehead atoms. The van der Waals surface area contributed by atoms with E-state index in [9.17, 15) is 9.59 Å². The second kappa shape index (κ2) is 7.81. The van der Waals surface area contributed by atoms with Gasteiger partial charge in [-0.3, -0.25) is 9.59 Å². The minimum Gasteiger partial charge on any atom is -0.493 e. The second-order valence-corrected chi connectivity index (χ2v) is 7.53. The van der Waals surface area contributed by atoms with Gasteiger partial charge in [0.1, 0.15) is 5.75 Å². The fraction of sp³-hybridized carbons (Fsp3) is 0.333. The van der Waals surface area contributed by atoms with Crippen LogP contribution in [0.25, 0.3) is 0 Å². The number of carbonyl (C=O) groups is 2. The molecule has 0 fully saturated rings. The molecule has 24 heavy (non-hydrogen) atoms. The lowest BCUT2D eigenvalue weighted by Gasteiger charge is -2.25. The largest absolute Gasteiger partial charge is 0.493 e. The number of ketones is 1. The van der Waals surface area contributed by atoms with Crippen LogP contribution in [0.15, 0.2) is 36.4 Å². The van der Waals surface area contributed by atoms with Crippen LogP contribution in [0.4, 0.5) is 0 Å². The number of thiophene rings is 1. The number of ether oxygens (including phenoxy) is 1. The van der Waals surface area contributed by atoms with Crippen LogP contribution in [-0.4, -0.2) is 24.8 Å². The Morgan fingerprint density at radius 2 is 2.04 bits per heavy atom. The number of nitrogens with one attached hydrogen (secondary N) is 1. The predicted octanol–water partition coefficient (Wildman–Crippen LogP) is 3.73. The van der Waals surface area contributed by atoms with Crippen LogP contribution in [0, 0.1) is 5.92 Å². The molecule has 2 heterocycles. The number of fused-ring (bicyclic) bond motifs is 1. The number of para-hydroxylation sites is 1. The van der Waals surface area contributed by atoms with Crippen LogP contribution < -0.4 is 10.1 Å². The van der Waals surface area contributed by atoms with Gasteiger partial charge in [0.2, 0.25) is 5.91 Å². The van der Waals surface area contributed by atoms with E-state index < -0.39 is 0 Å². The van der Waals surface area contributed by atoms with E-state index >= 15 is 0 Å². The first-order chi connectivity index (χ1) is 11.6. The summed E-state index contributed by atoms with van der Waals surface area (Å²) >= 11 is 7.06. The number of rotatable bonds is 6. The van der Waals surface area contributed by atoms with Gasteiger partial charge in [-0.1, -0.05) is 29.8 Å². The summed E-state index contributed by atoms with van der Waals surface area (Å²) in [6.07, 6.45) is 1.29. The minimum absolute atomic E-state index is 0.0445. The smallest absolute Gasteiger partial charge is 0.220 e. The van der Waals surface area contributed by atoms with Gasteiger partial charge in [0.25, 0.3) is 0 Å². The Kier molecular flexibility index (Phi) is 5.53. The Morgan fingerprint density at radius 1 is 1.21 bits per heavy atom. The maximum atomic E-state index is 12.0. The molecule has 0 aliphatic carbocycles. The van der Waals surface area contributed by atoms with Gasteiger partial charge in [0, 0.05) is 25.3 Å². The van der Waals surface area contributed by atoms with Gasteiger partial charge >= 0.3 is 0 Å². The molecule has 1 unspecified atom stereocenters. The number of Topliss-reactive ketones (excluding diaryl/α,β-unsaturated/α-hetero) is 1. The van der Waals surface area contributed by atoms with E-state index in [0.717, 1.165) is 12.2 Å². The summed E-state index contributed by atoms with van der Waals surface area (Å²) in [7, 11) is 0. The Bertz CT molecular complexity index is 743. The first kappa shape index (κ1) is 17.0. The van der Waals surface area contributed by atoms with Gasteiger partial charge in [-0.05, 0) is 30.2 Å². The van der Waals surface area contributed by atoms with Gasteiger partial charge in [-0.2, -0.15) is 0 Å². The number of hydrogen-bond donors (Lipinski definition) is 1. The van der Waals surface area contributed by atoms with E-state index in [2.05, 4.69) is 5.32 Å². The summed E-state index contributed by atoms with van der Waals surface area (Å²) in [5.41, 5.74) is 1.17. The fourth-order valence-corrected chi connectivity index (χ4v) is 3.69. The van der Waals surface area contributed by atoms with Crippen molar-refractivity contribution in [2.45, 2.75) is 19.3 Å². The van der Waals surface area contributed by atoms with Gasteiger partial charge in [0.15, 0.2) is 5.78 Å². The highest BCUT2D eigenvalue weighted by molar-refractivity contribution is 7.18. The Balaban J connectivity index is 1.41. The van der Waals surface area contributed by atoms with Crippen LogP contribution in [0.5, 0.6) is 5.75 Å². The minimum atomic E-state index is -0.107. The molecule has 1 aliphatic heterocycles. The molecule has 1 atom stereocenters. The second-order valence-electron chi connectivity index (χ2n) is 5.82. The summed E-state index contributed by atoms with van der Waals surface area (Å²) < 4.78 is 6.29. The normalized spacial score (nSPS) is 16.1. The first-order valence-electron chi connectivity index (χ1n) is 7.88. The Labute approximate surface area is 149 Å². The zero-order valence-corrected chi connectivity index (χ0v) is 14.7. The number of hydrogen-bond acceptors (Lipinski definition) is 4. The average Bonchev–Trinajstić information content (AvgIpc) is 3.04. The molecule has 0 saturated carbocycles. The SMILES string of the molecule is O=C(CCC(=O)c1ccc(Cl)s1)NCC1COc2ccccc2C1. The number of halogens is 1. The molecule has 1 N–H and O–H groups in total. The van der Waals surface area contributed by atoms with E-state index in [1.54, 1.807) is 12.1 Å². The molecular formula is C18H18ClNO3S. The van der Waals surface area contributed by atoms with Crippen molar-refractivity contribution in [3.05, 3.63) is 51.2 Å². The third-order valence-corrected chi connectivity index (χ3v) is 5.24. The quantitative estimate of drug-likeness (QED) is 0.795. The molecule has 6 heteroatoms. The lowest BCUT2D eigenvalue weighted by molar-refractivity contribution is -0.121. The number of benzene rings is 1. The third kappa shape index (κ3) is 4.36. The van der Waals surface area contributed by atoms with Gasteiger partial charge in [-0.15, -0.1) is 11.3 Å². The lowest BCUT2D eigenvalue weighted by atomic mass is 9.97.